The molecule has 3 heterocycles. The van der Waals surface area contributed by atoms with Gasteiger partial charge in [-0.3, -0.25) is 9.36 Å². The minimum absolute atomic E-state index is 0.0525. The third-order valence-corrected chi connectivity index (χ3v) is 6.04. The van der Waals surface area contributed by atoms with Crippen molar-refractivity contribution in [2.24, 2.45) is 7.05 Å². The summed E-state index contributed by atoms with van der Waals surface area (Å²) in [7, 11) is 1.65. The normalized spacial score (nSPS) is 18.3. The first kappa shape index (κ1) is 22.0. The molecule has 176 valence electrons. The maximum absolute atomic E-state index is 12.6. The van der Waals surface area contributed by atoms with Gasteiger partial charge in [0.2, 0.25) is 6.79 Å². The number of hydrogen-bond donors (Lipinski definition) is 2. The molecule has 3 aromatic rings. The summed E-state index contributed by atoms with van der Waals surface area (Å²) in [5.74, 6) is 0.359. The lowest BCUT2D eigenvalue weighted by Gasteiger charge is -2.18. The Labute approximate surface area is 195 Å². The number of carbonyl (C=O) groups excluding carboxylic acids is 1. The van der Waals surface area contributed by atoms with Gasteiger partial charge in [-0.1, -0.05) is 18.2 Å². The number of nitrogens with zero attached hydrogens (tertiary/aromatic N) is 2. The van der Waals surface area contributed by atoms with Crippen molar-refractivity contribution in [2.45, 2.75) is 25.0 Å². The summed E-state index contributed by atoms with van der Waals surface area (Å²) in [5, 5.41) is 15.6. The second-order valence-corrected chi connectivity index (χ2v) is 8.26. The summed E-state index contributed by atoms with van der Waals surface area (Å²) in [6.45, 7) is 1.76. The second kappa shape index (κ2) is 9.21. The van der Waals surface area contributed by atoms with Gasteiger partial charge in [0, 0.05) is 37.7 Å². The van der Waals surface area contributed by atoms with Crippen molar-refractivity contribution < 1.29 is 23.4 Å². The lowest BCUT2D eigenvalue weighted by molar-refractivity contribution is -0.132. The number of fused-ring (bicyclic) bond motifs is 2. The minimum Gasteiger partial charge on any atom is -0.453 e. The Kier molecular flexibility index (Phi) is 5.96. The molecule has 2 atom stereocenters. The molecule has 34 heavy (non-hydrogen) atoms. The van der Waals surface area contributed by atoms with Crippen LogP contribution in [0.15, 0.2) is 39.5 Å². The fourth-order valence-electron chi connectivity index (χ4n) is 4.23. The van der Waals surface area contributed by atoms with Gasteiger partial charge in [0.25, 0.3) is 5.91 Å². The van der Waals surface area contributed by atoms with E-state index < -0.39 is 17.9 Å². The van der Waals surface area contributed by atoms with Gasteiger partial charge in [0.15, 0.2) is 17.1 Å². The summed E-state index contributed by atoms with van der Waals surface area (Å²) in [4.78, 5) is 24.4. The molecule has 2 aliphatic heterocycles. The van der Waals surface area contributed by atoms with Crippen LogP contribution in [0.1, 0.15) is 12.0 Å². The highest BCUT2D eigenvalue weighted by Gasteiger charge is 2.27. The third-order valence-electron chi connectivity index (χ3n) is 6.04. The number of amides is 1. The summed E-state index contributed by atoms with van der Waals surface area (Å²) in [6, 6.07) is 10.6. The number of aryl methyl sites for hydroxylation is 1. The van der Waals surface area contributed by atoms with E-state index in [2.05, 4.69) is 16.7 Å². The quantitative estimate of drug-likeness (QED) is 0.581. The van der Waals surface area contributed by atoms with Crippen LogP contribution < -0.4 is 25.9 Å². The molecule has 1 aromatic heterocycles. The number of rotatable bonds is 5. The molecular formula is C24H24N4O6. The van der Waals surface area contributed by atoms with Crippen LogP contribution in [0, 0.1) is 11.3 Å². The molecule has 1 amide bonds. The molecule has 2 aromatic carbocycles. The average molecular weight is 464 g/mol. The molecule has 1 fully saturated rings. The zero-order chi connectivity index (χ0) is 23.7. The van der Waals surface area contributed by atoms with E-state index in [1.807, 2.05) is 24.3 Å². The van der Waals surface area contributed by atoms with Gasteiger partial charge in [-0.2, -0.15) is 5.26 Å². The van der Waals surface area contributed by atoms with E-state index in [0.717, 1.165) is 29.7 Å². The van der Waals surface area contributed by atoms with Crippen molar-refractivity contribution in [3.63, 3.8) is 0 Å². The van der Waals surface area contributed by atoms with E-state index in [0.29, 0.717) is 35.8 Å². The van der Waals surface area contributed by atoms with Crippen LogP contribution in [0.4, 0.5) is 0 Å². The van der Waals surface area contributed by atoms with E-state index in [1.54, 1.807) is 13.1 Å². The Morgan fingerprint density at radius 3 is 3.00 bits per heavy atom. The van der Waals surface area contributed by atoms with Crippen LogP contribution in [0.5, 0.6) is 11.5 Å². The number of ether oxygens (including phenoxy) is 3. The highest BCUT2D eigenvalue weighted by molar-refractivity contribution is 5.84. The second-order valence-electron chi connectivity index (χ2n) is 8.26. The number of carbonyl (C=O) groups is 1. The van der Waals surface area contributed by atoms with Crippen molar-refractivity contribution in [3.8, 4) is 28.7 Å². The third kappa shape index (κ3) is 4.11. The molecule has 10 nitrogen and oxygen atoms in total. The van der Waals surface area contributed by atoms with Crippen molar-refractivity contribution >= 4 is 17.0 Å². The van der Waals surface area contributed by atoms with Crippen LogP contribution in [-0.4, -0.2) is 49.1 Å². The number of benzene rings is 2. The van der Waals surface area contributed by atoms with Crippen LogP contribution in [0.25, 0.3) is 22.2 Å². The first-order valence-electron chi connectivity index (χ1n) is 11.1. The van der Waals surface area contributed by atoms with E-state index in [-0.39, 0.29) is 19.1 Å². The van der Waals surface area contributed by atoms with Gasteiger partial charge in [-0.15, -0.1) is 0 Å². The fourth-order valence-corrected chi connectivity index (χ4v) is 4.23. The Hall–Kier alpha value is -3.81. The summed E-state index contributed by atoms with van der Waals surface area (Å²) in [6.07, 6.45) is 0.467. The molecule has 0 saturated carbocycles. The molecular weight excluding hydrogens is 440 g/mol. The standard InChI is InChI=1S/C24H24N4O6/c1-28-18-10-14(4-6-19(18)34-24(28)30)17-5-3-15(21-22(17)33-13-32-21)9-16(11-25)27-23(29)20-12-26-7-2-8-31-20/h3-6,10,16,20,26H,2,7-9,12-13H2,1H3,(H,27,29)/t16-,20-/m0/s1. The molecule has 0 unspecified atom stereocenters. The lowest BCUT2D eigenvalue weighted by atomic mass is 9.98. The largest absolute Gasteiger partial charge is 0.453 e. The predicted octanol–water partition coefficient (Wildman–Crippen LogP) is 1.46. The maximum Gasteiger partial charge on any atom is 0.419 e. The number of aromatic nitrogens is 1. The molecule has 5 rings (SSSR count). The number of nitriles is 1. The molecule has 2 N–H and O–H groups in total. The SMILES string of the molecule is Cn1c(=O)oc2ccc(-c3ccc(C[C@@H](C#N)NC(=O)[C@@H]4CNCCCO4)c4c3OCO4)cc21. The van der Waals surface area contributed by atoms with Gasteiger partial charge in [0.1, 0.15) is 12.1 Å². The van der Waals surface area contributed by atoms with Gasteiger partial charge in [-0.05, 0) is 30.7 Å². The minimum atomic E-state index is -0.754. The number of oxazole rings is 1. The van der Waals surface area contributed by atoms with Gasteiger partial charge < -0.3 is 29.3 Å². The molecule has 0 spiro atoms. The first-order chi connectivity index (χ1) is 16.5. The fraction of sp³-hybridized carbons (Fsp3) is 0.375. The summed E-state index contributed by atoms with van der Waals surface area (Å²) in [5.41, 5.74) is 3.55. The summed E-state index contributed by atoms with van der Waals surface area (Å²) < 4.78 is 23.7. The predicted molar refractivity (Wildman–Crippen MR) is 121 cm³/mol. The Bertz CT molecular complexity index is 1330. The maximum atomic E-state index is 12.6. The monoisotopic (exact) mass is 464 g/mol. The zero-order valence-electron chi connectivity index (χ0n) is 18.6. The van der Waals surface area contributed by atoms with Gasteiger partial charge >= 0.3 is 5.76 Å². The molecule has 10 heteroatoms. The van der Waals surface area contributed by atoms with Crippen molar-refractivity contribution in [3.05, 3.63) is 46.4 Å². The summed E-state index contributed by atoms with van der Waals surface area (Å²) >= 11 is 0. The average Bonchev–Trinajstić information content (AvgIpc) is 3.32. The Morgan fingerprint density at radius 2 is 2.15 bits per heavy atom. The Morgan fingerprint density at radius 1 is 1.29 bits per heavy atom. The van der Waals surface area contributed by atoms with Crippen molar-refractivity contribution in [2.75, 3.05) is 26.5 Å². The van der Waals surface area contributed by atoms with E-state index in [9.17, 15) is 14.9 Å². The van der Waals surface area contributed by atoms with E-state index in [4.69, 9.17) is 18.6 Å². The van der Waals surface area contributed by atoms with Gasteiger partial charge in [0.05, 0.1) is 11.6 Å². The van der Waals surface area contributed by atoms with E-state index >= 15 is 0 Å². The highest BCUT2D eigenvalue weighted by Crippen LogP contribution is 2.44. The van der Waals surface area contributed by atoms with Crippen LogP contribution in [-0.2, 0) is 23.0 Å². The lowest BCUT2D eigenvalue weighted by Crippen LogP contribution is -2.46. The van der Waals surface area contributed by atoms with Crippen molar-refractivity contribution in [1.29, 1.82) is 5.26 Å². The first-order valence-corrected chi connectivity index (χ1v) is 11.1. The molecule has 1 saturated heterocycles. The molecule has 0 aliphatic carbocycles. The molecule has 0 bridgehead atoms. The Balaban J connectivity index is 1.39. The van der Waals surface area contributed by atoms with Crippen LogP contribution in [0.3, 0.4) is 0 Å². The molecule has 2 aliphatic rings. The zero-order valence-corrected chi connectivity index (χ0v) is 18.6. The highest BCUT2D eigenvalue weighted by atomic mass is 16.7. The van der Waals surface area contributed by atoms with Crippen LogP contribution in [0.2, 0.25) is 0 Å². The number of nitrogens with one attached hydrogen (secondary N) is 2. The van der Waals surface area contributed by atoms with Crippen molar-refractivity contribution in [1.82, 2.24) is 15.2 Å². The van der Waals surface area contributed by atoms with Gasteiger partial charge in [-0.25, -0.2) is 4.79 Å². The number of hydrogen-bond acceptors (Lipinski definition) is 8. The topological polar surface area (TPSA) is 128 Å². The molecule has 0 radical (unpaired) electrons. The van der Waals surface area contributed by atoms with E-state index in [1.165, 1.54) is 4.57 Å². The smallest absolute Gasteiger partial charge is 0.419 e. The van der Waals surface area contributed by atoms with Crippen LogP contribution >= 0.6 is 0 Å².